The zero-order valence-corrected chi connectivity index (χ0v) is 16.7. The molecule has 3 nitrogen and oxygen atoms in total. The van der Waals surface area contributed by atoms with Crippen LogP contribution in [0.5, 0.6) is 0 Å². The SMILES string of the molecule is Fc1ccc(CN2CCN(C(=S)Nc3ccc(Br)cc3)CC2)c(Cl)c1. The maximum Gasteiger partial charge on any atom is 0.173 e. The summed E-state index contributed by atoms with van der Waals surface area (Å²) in [5, 5.41) is 4.49. The maximum atomic E-state index is 13.1. The molecule has 1 fully saturated rings. The number of benzene rings is 2. The number of nitrogens with one attached hydrogen (secondary N) is 1. The van der Waals surface area contributed by atoms with Crippen molar-refractivity contribution in [1.82, 2.24) is 9.80 Å². The number of nitrogens with zero attached hydrogens (tertiary/aromatic N) is 2. The Bertz CT molecular complexity index is 748. The van der Waals surface area contributed by atoms with E-state index in [2.05, 4.69) is 31.0 Å². The van der Waals surface area contributed by atoms with Crippen LogP contribution in [-0.4, -0.2) is 41.1 Å². The number of anilines is 1. The van der Waals surface area contributed by atoms with Crippen LogP contribution in [0.25, 0.3) is 0 Å². The standard InChI is InChI=1S/C18H18BrClFN3S/c19-14-2-5-16(6-3-14)22-18(25)24-9-7-23(8-10-24)12-13-1-4-15(21)11-17(13)20/h1-6,11H,7-10,12H2,(H,22,25). The third kappa shape index (κ3) is 5.14. The molecule has 0 bridgehead atoms. The van der Waals surface area contributed by atoms with Crippen LogP contribution in [0.15, 0.2) is 46.9 Å². The highest BCUT2D eigenvalue weighted by molar-refractivity contribution is 9.10. The van der Waals surface area contributed by atoms with E-state index in [0.717, 1.165) is 53.6 Å². The molecule has 7 heteroatoms. The Kier molecular flexibility index (Phi) is 6.28. The predicted octanol–water partition coefficient (Wildman–Crippen LogP) is 4.76. The van der Waals surface area contributed by atoms with Crippen LogP contribution in [0.2, 0.25) is 5.02 Å². The molecular weight excluding hydrogens is 425 g/mol. The fourth-order valence-corrected chi connectivity index (χ4v) is 3.53. The average Bonchev–Trinajstić information content (AvgIpc) is 2.60. The minimum atomic E-state index is -0.303. The van der Waals surface area contributed by atoms with Crippen LogP contribution in [0.4, 0.5) is 10.1 Å². The van der Waals surface area contributed by atoms with Crippen LogP contribution in [0, 0.1) is 5.82 Å². The first-order chi connectivity index (χ1) is 12.0. The van der Waals surface area contributed by atoms with Gasteiger partial charge in [-0.15, -0.1) is 0 Å². The van der Waals surface area contributed by atoms with Crippen LogP contribution >= 0.6 is 39.7 Å². The summed E-state index contributed by atoms with van der Waals surface area (Å²) >= 11 is 15.1. The van der Waals surface area contributed by atoms with Crippen molar-refractivity contribution >= 4 is 50.5 Å². The van der Waals surface area contributed by atoms with Gasteiger partial charge in [0.05, 0.1) is 0 Å². The molecule has 132 valence electrons. The van der Waals surface area contributed by atoms with E-state index in [1.54, 1.807) is 6.07 Å². The van der Waals surface area contributed by atoms with Gasteiger partial charge >= 0.3 is 0 Å². The predicted molar refractivity (Wildman–Crippen MR) is 109 cm³/mol. The van der Waals surface area contributed by atoms with Crippen molar-refractivity contribution < 1.29 is 4.39 Å². The normalized spacial score (nSPS) is 15.2. The summed E-state index contributed by atoms with van der Waals surface area (Å²) in [6, 6.07) is 12.5. The zero-order valence-electron chi connectivity index (χ0n) is 13.5. The van der Waals surface area contributed by atoms with Gasteiger partial charge in [-0.3, -0.25) is 4.90 Å². The van der Waals surface area contributed by atoms with Gasteiger partial charge in [0.1, 0.15) is 5.82 Å². The number of thiocarbonyl (C=S) groups is 1. The first kappa shape index (κ1) is 18.6. The Morgan fingerprint density at radius 2 is 1.80 bits per heavy atom. The first-order valence-corrected chi connectivity index (χ1v) is 9.57. The lowest BCUT2D eigenvalue weighted by atomic mass is 10.2. The Labute approximate surface area is 165 Å². The van der Waals surface area contributed by atoms with Crippen molar-refractivity contribution in [3.05, 3.63) is 63.3 Å². The molecule has 1 N–H and O–H groups in total. The Morgan fingerprint density at radius 1 is 1.12 bits per heavy atom. The number of hydrogen-bond donors (Lipinski definition) is 1. The molecule has 0 aromatic heterocycles. The van der Waals surface area contributed by atoms with Gasteiger partial charge in [-0.05, 0) is 54.2 Å². The number of halogens is 3. The Morgan fingerprint density at radius 3 is 2.44 bits per heavy atom. The average molecular weight is 443 g/mol. The lowest BCUT2D eigenvalue weighted by Crippen LogP contribution is -2.49. The van der Waals surface area contributed by atoms with Gasteiger partial charge in [-0.1, -0.05) is 33.6 Å². The molecule has 1 heterocycles. The van der Waals surface area contributed by atoms with E-state index >= 15 is 0 Å². The van der Waals surface area contributed by atoms with E-state index in [1.165, 1.54) is 12.1 Å². The van der Waals surface area contributed by atoms with Gasteiger partial charge in [0.25, 0.3) is 0 Å². The Hall–Kier alpha value is -1.21. The molecular formula is C18H18BrClFN3S. The molecule has 0 spiro atoms. The molecule has 0 amide bonds. The van der Waals surface area contributed by atoms with E-state index in [4.69, 9.17) is 23.8 Å². The smallest absolute Gasteiger partial charge is 0.173 e. The summed E-state index contributed by atoms with van der Waals surface area (Å²) in [6.07, 6.45) is 0. The van der Waals surface area contributed by atoms with E-state index in [0.29, 0.717) is 5.02 Å². The van der Waals surface area contributed by atoms with Crippen molar-refractivity contribution in [2.24, 2.45) is 0 Å². The number of piperazine rings is 1. The highest BCUT2D eigenvalue weighted by atomic mass is 79.9. The second-order valence-electron chi connectivity index (χ2n) is 5.94. The summed E-state index contributed by atoms with van der Waals surface area (Å²) in [5.41, 5.74) is 1.93. The largest absolute Gasteiger partial charge is 0.346 e. The minimum absolute atomic E-state index is 0.303. The highest BCUT2D eigenvalue weighted by Crippen LogP contribution is 2.20. The summed E-state index contributed by atoms with van der Waals surface area (Å²) < 4.78 is 14.2. The summed E-state index contributed by atoms with van der Waals surface area (Å²) in [6.45, 7) is 4.19. The zero-order chi connectivity index (χ0) is 17.8. The summed E-state index contributed by atoms with van der Waals surface area (Å²) in [7, 11) is 0. The second kappa shape index (κ2) is 8.45. The molecule has 25 heavy (non-hydrogen) atoms. The molecule has 3 rings (SSSR count). The fraction of sp³-hybridized carbons (Fsp3) is 0.278. The topological polar surface area (TPSA) is 18.5 Å². The van der Waals surface area contributed by atoms with Gasteiger partial charge in [-0.2, -0.15) is 0 Å². The van der Waals surface area contributed by atoms with Gasteiger partial charge < -0.3 is 10.2 Å². The van der Waals surface area contributed by atoms with Crippen LogP contribution in [-0.2, 0) is 6.54 Å². The van der Waals surface area contributed by atoms with Crippen molar-refractivity contribution in [3.8, 4) is 0 Å². The van der Waals surface area contributed by atoms with Crippen LogP contribution < -0.4 is 5.32 Å². The second-order valence-corrected chi connectivity index (χ2v) is 7.65. The third-order valence-corrected chi connectivity index (χ3v) is 5.40. The van der Waals surface area contributed by atoms with Crippen molar-refractivity contribution in [3.63, 3.8) is 0 Å². The van der Waals surface area contributed by atoms with Crippen LogP contribution in [0.3, 0.4) is 0 Å². The molecule has 0 radical (unpaired) electrons. The molecule has 0 saturated carbocycles. The fourth-order valence-electron chi connectivity index (χ4n) is 2.74. The molecule has 1 aliphatic rings. The summed E-state index contributed by atoms with van der Waals surface area (Å²) in [4.78, 5) is 4.47. The van der Waals surface area contributed by atoms with Crippen molar-refractivity contribution in [2.75, 3.05) is 31.5 Å². The van der Waals surface area contributed by atoms with E-state index in [1.807, 2.05) is 24.3 Å². The summed E-state index contributed by atoms with van der Waals surface area (Å²) in [5.74, 6) is -0.303. The maximum absolute atomic E-state index is 13.1. The van der Waals surface area contributed by atoms with Gasteiger partial charge in [0, 0.05) is 47.9 Å². The van der Waals surface area contributed by atoms with Gasteiger partial charge in [-0.25, -0.2) is 4.39 Å². The quantitative estimate of drug-likeness (QED) is 0.691. The molecule has 2 aromatic carbocycles. The van der Waals surface area contributed by atoms with E-state index < -0.39 is 0 Å². The number of rotatable bonds is 3. The molecule has 0 unspecified atom stereocenters. The lowest BCUT2D eigenvalue weighted by molar-refractivity contribution is 0.177. The van der Waals surface area contributed by atoms with E-state index in [-0.39, 0.29) is 5.82 Å². The van der Waals surface area contributed by atoms with Gasteiger partial charge in [0.15, 0.2) is 5.11 Å². The number of hydrogen-bond acceptors (Lipinski definition) is 2. The highest BCUT2D eigenvalue weighted by Gasteiger charge is 2.19. The molecule has 1 aliphatic heterocycles. The molecule has 2 aromatic rings. The molecule has 0 aliphatic carbocycles. The molecule has 0 atom stereocenters. The first-order valence-electron chi connectivity index (χ1n) is 7.99. The minimum Gasteiger partial charge on any atom is -0.346 e. The Balaban J connectivity index is 1.51. The molecule has 1 saturated heterocycles. The van der Waals surface area contributed by atoms with Crippen molar-refractivity contribution in [2.45, 2.75) is 6.54 Å². The third-order valence-electron chi connectivity index (χ3n) is 4.16. The van der Waals surface area contributed by atoms with Gasteiger partial charge in [0.2, 0.25) is 0 Å². The lowest BCUT2D eigenvalue weighted by Gasteiger charge is -2.36. The van der Waals surface area contributed by atoms with Crippen molar-refractivity contribution in [1.29, 1.82) is 0 Å². The monoisotopic (exact) mass is 441 g/mol. The van der Waals surface area contributed by atoms with E-state index in [9.17, 15) is 4.39 Å². The van der Waals surface area contributed by atoms with Crippen LogP contribution in [0.1, 0.15) is 5.56 Å².